The minimum Gasteiger partial charge on any atom is -0.273 e. The van der Waals surface area contributed by atoms with Crippen LogP contribution in [0, 0.1) is 11.7 Å². The second kappa shape index (κ2) is 7.60. The topological polar surface area (TPSA) is 32.7 Å². The number of nitrogens with zero attached hydrogens (tertiary/aromatic N) is 2. The fraction of sp³-hybridized carbons (Fsp3) is 0.333. The van der Waals surface area contributed by atoms with Crippen molar-refractivity contribution in [2.75, 3.05) is 6.54 Å². The highest BCUT2D eigenvalue weighted by molar-refractivity contribution is 6.05. The fourth-order valence-electron chi connectivity index (χ4n) is 3.05. The molecule has 0 saturated carbocycles. The van der Waals surface area contributed by atoms with Gasteiger partial charge in [-0.3, -0.25) is 4.79 Å². The Morgan fingerprint density at radius 3 is 2.20 bits per heavy atom. The molecule has 0 saturated heterocycles. The predicted molar refractivity (Wildman–Crippen MR) is 98.8 cm³/mol. The molecule has 1 unspecified atom stereocenters. The van der Waals surface area contributed by atoms with Gasteiger partial charge in [-0.25, -0.2) is 9.40 Å². The molecule has 3 rings (SSSR count). The first-order valence-corrected chi connectivity index (χ1v) is 8.83. The van der Waals surface area contributed by atoms with Crippen molar-refractivity contribution in [3.05, 3.63) is 59.9 Å². The van der Waals surface area contributed by atoms with Crippen LogP contribution in [-0.4, -0.2) is 23.2 Å². The van der Waals surface area contributed by atoms with Crippen molar-refractivity contribution in [1.82, 2.24) is 5.01 Å². The monoisotopic (exact) mass is 338 g/mol. The third kappa shape index (κ3) is 3.95. The van der Waals surface area contributed by atoms with Crippen LogP contribution in [0.4, 0.5) is 4.39 Å². The highest BCUT2D eigenvalue weighted by atomic mass is 19.1. The van der Waals surface area contributed by atoms with Crippen molar-refractivity contribution >= 4 is 11.6 Å². The molecule has 3 nitrogen and oxygen atoms in total. The molecule has 0 fully saturated rings. The molecule has 1 heterocycles. The van der Waals surface area contributed by atoms with Gasteiger partial charge in [0.15, 0.2) is 0 Å². The molecule has 1 aliphatic heterocycles. The molecule has 0 bridgehead atoms. The summed E-state index contributed by atoms with van der Waals surface area (Å²) in [5, 5.41) is 6.23. The normalized spacial score (nSPS) is 17.6. The van der Waals surface area contributed by atoms with Crippen LogP contribution in [0.1, 0.15) is 38.7 Å². The van der Waals surface area contributed by atoms with Gasteiger partial charge in [-0.15, -0.1) is 0 Å². The fourth-order valence-corrected chi connectivity index (χ4v) is 3.05. The summed E-state index contributed by atoms with van der Waals surface area (Å²) in [6, 6.07) is 14.6. The summed E-state index contributed by atoms with van der Waals surface area (Å²) in [6.45, 7) is 4.83. The molecule has 1 atom stereocenters. The lowest BCUT2D eigenvalue weighted by molar-refractivity contribution is -0.132. The standard InChI is InChI=1S/C21H23FN2O/c1-3-4-13-24-20(25)14-15(2)21(23-24)18-7-5-16(6-8-18)17-9-11-19(22)12-10-17/h5-12,15H,3-4,13-14H2,1-2H3. The molecule has 0 aromatic heterocycles. The molecular formula is C21H23FN2O. The molecule has 2 aromatic carbocycles. The number of amides is 1. The number of unbranched alkanes of at least 4 members (excludes halogenated alkanes) is 1. The van der Waals surface area contributed by atoms with Crippen LogP contribution < -0.4 is 0 Å². The molecule has 1 aliphatic rings. The van der Waals surface area contributed by atoms with Crippen molar-refractivity contribution < 1.29 is 9.18 Å². The van der Waals surface area contributed by atoms with E-state index < -0.39 is 0 Å². The summed E-state index contributed by atoms with van der Waals surface area (Å²) >= 11 is 0. The Kier molecular flexibility index (Phi) is 5.27. The highest BCUT2D eigenvalue weighted by Crippen LogP contribution is 2.24. The van der Waals surface area contributed by atoms with Gasteiger partial charge in [0.2, 0.25) is 5.91 Å². The minimum atomic E-state index is -0.234. The van der Waals surface area contributed by atoms with Crippen molar-refractivity contribution in [2.24, 2.45) is 11.0 Å². The van der Waals surface area contributed by atoms with Crippen molar-refractivity contribution in [1.29, 1.82) is 0 Å². The van der Waals surface area contributed by atoms with E-state index in [0.29, 0.717) is 13.0 Å². The van der Waals surface area contributed by atoms with Crippen LogP contribution >= 0.6 is 0 Å². The average Bonchev–Trinajstić information content (AvgIpc) is 2.62. The van der Waals surface area contributed by atoms with Crippen LogP contribution in [0.25, 0.3) is 11.1 Å². The summed E-state index contributed by atoms with van der Waals surface area (Å²) in [5.41, 5.74) is 4.01. The Bertz CT molecular complexity index is 765. The molecule has 0 N–H and O–H groups in total. The molecule has 2 aromatic rings. The van der Waals surface area contributed by atoms with Gasteiger partial charge in [-0.05, 0) is 35.2 Å². The highest BCUT2D eigenvalue weighted by Gasteiger charge is 2.26. The van der Waals surface area contributed by atoms with E-state index >= 15 is 0 Å². The lowest BCUT2D eigenvalue weighted by Crippen LogP contribution is -2.36. The lowest BCUT2D eigenvalue weighted by atomic mass is 9.92. The lowest BCUT2D eigenvalue weighted by Gasteiger charge is -2.27. The Hall–Kier alpha value is -2.49. The number of rotatable bonds is 5. The van der Waals surface area contributed by atoms with E-state index in [0.717, 1.165) is 35.2 Å². The van der Waals surface area contributed by atoms with Gasteiger partial charge < -0.3 is 0 Å². The molecule has 0 radical (unpaired) electrons. The van der Waals surface area contributed by atoms with Crippen LogP contribution in [0.2, 0.25) is 0 Å². The number of halogens is 1. The number of hydrogen-bond donors (Lipinski definition) is 0. The van der Waals surface area contributed by atoms with E-state index in [1.54, 1.807) is 17.1 Å². The first-order valence-electron chi connectivity index (χ1n) is 8.83. The Morgan fingerprint density at radius 1 is 1.04 bits per heavy atom. The molecule has 25 heavy (non-hydrogen) atoms. The van der Waals surface area contributed by atoms with E-state index in [4.69, 9.17) is 0 Å². The third-order valence-electron chi connectivity index (χ3n) is 4.55. The van der Waals surface area contributed by atoms with Crippen molar-refractivity contribution in [3.63, 3.8) is 0 Å². The van der Waals surface area contributed by atoms with Crippen molar-refractivity contribution in [2.45, 2.75) is 33.1 Å². The maximum atomic E-state index is 13.1. The predicted octanol–water partition coefficient (Wildman–Crippen LogP) is 4.87. The maximum absolute atomic E-state index is 13.1. The molecule has 4 heteroatoms. The van der Waals surface area contributed by atoms with Gasteiger partial charge >= 0.3 is 0 Å². The van der Waals surface area contributed by atoms with Crippen LogP contribution in [0.15, 0.2) is 53.6 Å². The van der Waals surface area contributed by atoms with E-state index in [2.05, 4.69) is 12.0 Å². The van der Waals surface area contributed by atoms with Crippen LogP contribution in [-0.2, 0) is 4.79 Å². The second-order valence-corrected chi connectivity index (χ2v) is 6.55. The van der Waals surface area contributed by atoms with Gasteiger partial charge in [0.1, 0.15) is 5.82 Å². The first-order chi connectivity index (χ1) is 12.1. The molecule has 1 amide bonds. The largest absolute Gasteiger partial charge is 0.273 e. The third-order valence-corrected chi connectivity index (χ3v) is 4.55. The van der Waals surface area contributed by atoms with Gasteiger partial charge in [0, 0.05) is 18.9 Å². The Balaban J connectivity index is 1.85. The summed E-state index contributed by atoms with van der Waals surface area (Å²) in [6.07, 6.45) is 2.50. The van der Waals surface area contributed by atoms with Crippen LogP contribution in [0.3, 0.4) is 0 Å². The molecule has 130 valence electrons. The smallest absolute Gasteiger partial charge is 0.243 e. The molecule has 0 spiro atoms. The number of hydrazone groups is 1. The van der Waals surface area contributed by atoms with E-state index in [9.17, 15) is 9.18 Å². The number of benzene rings is 2. The molecule has 0 aliphatic carbocycles. The maximum Gasteiger partial charge on any atom is 0.243 e. The Morgan fingerprint density at radius 2 is 1.60 bits per heavy atom. The van der Waals surface area contributed by atoms with E-state index in [-0.39, 0.29) is 17.6 Å². The summed E-state index contributed by atoms with van der Waals surface area (Å²) in [4.78, 5) is 12.1. The Labute approximate surface area is 148 Å². The van der Waals surface area contributed by atoms with Gasteiger partial charge in [-0.2, -0.15) is 5.10 Å². The van der Waals surface area contributed by atoms with E-state index in [1.165, 1.54) is 12.1 Å². The second-order valence-electron chi connectivity index (χ2n) is 6.55. The SMILES string of the molecule is CCCCN1N=C(c2ccc(-c3ccc(F)cc3)cc2)C(C)CC1=O. The van der Waals surface area contributed by atoms with Crippen molar-refractivity contribution in [3.8, 4) is 11.1 Å². The summed E-state index contributed by atoms with van der Waals surface area (Å²) in [5.74, 6) is -0.0164. The summed E-state index contributed by atoms with van der Waals surface area (Å²) < 4.78 is 13.1. The number of carbonyl (C=O) groups is 1. The number of hydrogen-bond acceptors (Lipinski definition) is 2. The van der Waals surface area contributed by atoms with Gasteiger partial charge in [0.05, 0.1) is 5.71 Å². The zero-order valence-corrected chi connectivity index (χ0v) is 14.7. The average molecular weight is 338 g/mol. The minimum absolute atomic E-state index is 0.104. The zero-order valence-electron chi connectivity index (χ0n) is 14.7. The zero-order chi connectivity index (χ0) is 17.8. The van der Waals surface area contributed by atoms with Crippen LogP contribution in [0.5, 0.6) is 0 Å². The quantitative estimate of drug-likeness (QED) is 0.766. The number of carbonyl (C=O) groups excluding carboxylic acids is 1. The first kappa shape index (κ1) is 17.3. The summed E-state index contributed by atoms with van der Waals surface area (Å²) in [7, 11) is 0. The van der Waals surface area contributed by atoms with E-state index in [1.807, 2.05) is 31.2 Å². The van der Waals surface area contributed by atoms with Gasteiger partial charge in [-0.1, -0.05) is 56.7 Å². The van der Waals surface area contributed by atoms with Gasteiger partial charge in [0.25, 0.3) is 0 Å². The molecular weight excluding hydrogens is 315 g/mol.